The molecular formula is C58H111N7O5. The van der Waals surface area contributed by atoms with Gasteiger partial charge in [0.1, 0.15) is 5.78 Å². The van der Waals surface area contributed by atoms with Crippen LogP contribution in [-0.4, -0.2) is 73.6 Å². The van der Waals surface area contributed by atoms with Crippen LogP contribution in [0.2, 0.25) is 0 Å². The second kappa shape index (κ2) is 51.0. The normalized spacial score (nSPS) is 13.4. The minimum Gasteiger partial charge on any atom is -0.356 e. The largest absolute Gasteiger partial charge is 0.356 e. The maximum absolute atomic E-state index is 14.0. The van der Waals surface area contributed by atoms with E-state index in [0.717, 1.165) is 51.4 Å². The number of allylic oxidation sites excluding steroid dienone is 4. The number of carbonyl (C=O) groups is 5. The molecule has 0 heterocycles. The molecule has 0 aliphatic carbocycles. The maximum Gasteiger partial charge on any atom is 0.237 e. The van der Waals surface area contributed by atoms with Crippen LogP contribution in [0.1, 0.15) is 264 Å². The van der Waals surface area contributed by atoms with Crippen LogP contribution in [0.25, 0.3) is 0 Å². The van der Waals surface area contributed by atoms with Gasteiger partial charge in [-0.1, -0.05) is 160 Å². The number of hydrogen-bond acceptors (Lipinski definition) is 9. The molecule has 4 unspecified atom stereocenters. The van der Waals surface area contributed by atoms with Gasteiger partial charge in [0.2, 0.25) is 17.7 Å². The minimum atomic E-state index is -0.885. The van der Waals surface area contributed by atoms with E-state index in [0.29, 0.717) is 71.1 Å². The topological polar surface area (TPSA) is 226 Å². The van der Waals surface area contributed by atoms with Gasteiger partial charge in [0, 0.05) is 38.3 Å². The first-order valence-electron chi connectivity index (χ1n) is 29.2. The highest BCUT2D eigenvalue weighted by atomic mass is 16.2. The standard InChI is InChI=1S/C58H111N7O5/c1-3-5-7-9-11-13-15-17-19-21-23-25-27-29-31-35-47-63-56(68)44-43-50(57(69)64-48-36-32-30-28-26-24-22-20-18-16-14-12-10-8-6-4-2)49-55(67)53(65-58(70)52(62)40-38-46-60)41-33-34-42-54(66)51(61)39-37-45-59/h17-20,50-53H,3-16,21-49,59-62H2,1-2H3,(H,63,68)(H,64,69)(H,65,70)/b19-17-,20-18-. The predicted octanol–water partition coefficient (Wildman–Crippen LogP) is 11.4. The van der Waals surface area contributed by atoms with Gasteiger partial charge in [-0.3, -0.25) is 24.0 Å². The summed E-state index contributed by atoms with van der Waals surface area (Å²) >= 11 is 0. The Morgan fingerprint density at radius 2 is 0.843 bits per heavy atom. The molecule has 3 amide bonds. The van der Waals surface area contributed by atoms with Gasteiger partial charge < -0.3 is 38.9 Å². The molecule has 11 N–H and O–H groups in total. The summed E-state index contributed by atoms with van der Waals surface area (Å²) in [5, 5.41) is 8.95. The molecule has 0 radical (unpaired) electrons. The third kappa shape index (κ3) is 42.7. The van der Waals surface area contributed by atoms with Crippen molar-refractivity contribution in [3.8, 4) is 0 Å². The van der Waals surface area contributed by atoms with Crippen LogP contribution in [-0.2, 0) is 24.0 Å². The average molecular weight is 987 g/mol. The molecule has 70 heavy (non-hydrogen) atoms. The summed E-state index contributed by atoms with van der Waals surface area (Å²) in [5.41, 5.74) is 23.5. The van der Waals surface area contributed by atoms with Crippen LogP contribution in [0.3, 0.4) is 0 Å². The third-order valence-corrected chi connectivity index (χ3v) is 13.6. The molecule has 408 valence electrons. The lowest BCUT2D eigenvalue weighted by atomic mass is 9.90. The zero-order chi connectivity index (χ0) is 51.6. The predicted molar refractivity (Wildman–Crippen MR) is 295 cm³/mol. The Hall–Kier alpha value is -2.93. The summed E-state index contributed by atoms with van der Waals surface area (Å²) in [5.74, 6) is -1.88. The molecule has 0 bridgehead atoms. The van der Waals surface area contributed by atoms with Gasteiger partial charge in [0.25, 0.3) is 0 Å². The van der Waals surface area contributed by atoms with Crippen LogP contribution >= 0.6 is 0 Å². The minimum absolute atomic E-state index is 0.0476. The second-order valence-corrected chi connectivity index (χ2v) is 20.3. The number of carbonyl (C=O) groups excluding carboxylic acids is 5. The fourth-order valence-electron chi connectivity index (χ4n) is 8.83. The van der Waals surface area contributed by atoms with Crippen molar-refractivity contribution in [2.45, 2.75) is 282 Å². The number of nitrogens with one attached hydrogen (secondary N) is 3. The van der Waals surface area contributed by atoms with E-state index in [1.807, 2.05) is 0 Å². The summed E-state index contributed by atoms with van der Waals surface area (Å²) in [6, 6.07) is -2.28. The van der Waals surface area contributed by atoms with Crippen molar-refractivity contribution in [1.29, 1.82) is 0 Å². The number of amides is 3. The van der Waals surface area contributed by atoms with Crippen molar-refractivity contribution < 1.29 is 24.0 Å². The number of Topliss-reactive ketones (excluding diaryl/α,β-unsaturated/α-hetero) is 2. The molecule has 0 fully saturated rings. The summed E-state index contributed by atoms with van der Waals surface area (Å²) in [7, 11) is 0. The highest BCUT2D eigenvalue weighted by molar-refractivity contribution is 5.93. The van der Waals surface area contributed by atoms with Gasteiger partial charge in [-0.05, 0) is 122 Å². The SMILES string of the molecule is CCCCCCCC/C=C\CCCCCCCCNC(=O)CCC(CC(=O)C(CCCCC(=O)C(N)CCCN)NC(=O)C(N)CCCN)C(=O)NCCCCCCCC/C=C\CCCCCCCC. The number of hydrogen-bond donors (Lipinski definition) is 7. The van der Waals surface area contributed by atoms with E-state index in [1.165, 1.54) is 128 Å². The van der Waals surface area contributed by atoms with E-state index in [1.54, 1.807) is 0 Å². The molecule has 4 atom stereocenters. The highest BCUT2D eigenvalue weighted by Crippen LogP contribution is 2.18. The molecule has 0 rings (SSSR count). The summed E-state index contributed by atoms with van der Waals surface area (Å²) in [4.78, 5) is 66.6. The zero-order valence-electron chi connectivity index (χ0n) is 45.4. The fraction of sp³-hybridized carbons (Fsp3) is 0.845. The Morgan fingerprint density at radius 1 is 0.414 bits per heavy atom. The van der Waals surface area contributed by atoms with Gasteiger partial charge >= 0.3 is 0 Å². The average Bonchev–Trinajstić information content (AvgIpc) is 3.35. The number of nitrogens with two attached hydrogens (primary N) is 4. The van der Waals surface area contributed by atoms with Crippen molar-refractivity contribution in [3.05, 3.63) is 24.3 Å². The van der Waals surface area contributed by atoms with Crippen LogP contribution in [0.4, 0.5) is 0 Å². The molecule has 0 spiro atoms. The number of unbranched alkanes of at least 4 members (excludes halogenated alkanes) is 25. The van der Waals surface area contributed by atoms with Gasteiger partial charge in [0.15, 0.2) is 5.78 Å². The van der Waals surface area contributed by atoms with E-state index in [9.17, 15) is 24.0 Å². The van der Waals surface area contributed by atoms with E-state index >= 15 is 0 Å². The molecule has 0 aliphatic rings. The Bertz CT molecular complexity index is 1330. The van der Waals surface area contributed by atoms with Gasteiger partial charge in [-0.2, -0.15) is 0 Å². The summed E-state index contributed by atoms with van der Waals surface area (Å²) in [6.07, 6.45) is 47.3. The summed E-state index contributed by atoms with van der Waals surface area (Å²) in [6.45, 7) is 6.47. The van der Waals surface area contributed by atoms with Crippen molar-refractivity contribution in [2.24, 2.45) is 28.9 Å². The van der Waals surface area contributed by atoms with Gasteiger partial charge in [-0.25, -0.2) is 0 Å². The molecule has 12 heteroatoms. The first kappa shape index (κ1) is 67.1. The van der Waals surface area contributed by atoms with Crippen molar-refractivity contribution >= 4 is 29.3 Å². The zero-order valence-corrected chi connectivity index (χ0v) is 45.4. The summed E-state index contributed by atoms with van der Waals surface area (Å²) < 4.78 is 0. The molecule has 0 saturated heterocycles. The fourth-order valence-corrected chi connectivity index (χ4v) is 8.83. The first-order valence-corrected chi connectivity index (χ1v) is 29.2. The highest BCUT2D eigenvalue weighted by Gasteiger charge is 2.29. The Morgan fingerprint density at radius 3 is 1.31 bits per heavy atom. The van der Waals surface area contributed by atoms with Crippen LogP contribution in [0.15, 0.2) is 24.3 Å². The lowest BCUT2D eigenvalue weighted by molar-refractivity contribution is -0.132. The molecule has 0 aromatic heterocycles. The molecule has 0 aromatic rings. The quantitative estimate of drug-likeness (QED) is 0.0227. The van der Waals surface area contributed by atoms with E-state index in [4.69, 9.17) is 22.9 Å². The van der Waals surface area contributed by atoms with Crippen LogP contribution in [0, 0.1) is 5.92 Å². The number of rotatable bonds is 53. The van der Waals surface area contributed by atoms with Gasteiger partial charge in [0.05, 0.1) is 18.1 Å². The van der Waals surface area contributed by atoms with E-state index < -0.39 is 30.0 Å². The lowest BCUT2D eigenvalue weighted by Gasteiger charge is -2.23. The third-order valence-electron chi connectivity index (χ3n) is 13.6. The smallest absolute Gasteiger partial charge is 0.237 e. The Balaban J connectivity index is 5.17. The Kier molecular flexibility index (Phi) is 48.9. The first-order chi connectivity index (χ1) is 34.1. The van der Waals surface area contributed by atoms with Crippen LogP contribution < -0.4 is 38.9 Å². The molecule has 0 aliphatic heterocycles. The van der Waals surface area contributed by atoms with Crippen molar-refractivity contribution in [1.82, 2.24) is 16.0 Å². The van der Waals surface area contributed by atoms with Crippen molar-refractivity contribution in [3.63, 3.8) is 0 Å². The second-order valence-electron chi connectivity index (χ2n) is 20.3. The molecular weight excluding hydrogens is 875 g/mol. The Labute approximate surface area is 429 Å². The molecule has 0 aromatic carbocycles. The van der Waals surface area contributed by atoms with E-state index in [2.05, 4.69) is 54.1 Å². The molecule has 0 saturated carbocycles. The number of ketones is 2. The lowest BCUT2D eigenvalue weighted by Crippen LogP contribution is -2.49. The van der Waals surface area contributed by atoms with Gasteiger partial charge in [-0.15, -0.1) is 0 Å². The molecule has 12 nitrogen and oxygen atoms in total. The van der Waals surface area contributed by atoms with E-state index in [-0.39, 0.29) is 49.1 Å². The van der Waals surface area contributed by atoms with Crippen molar-refractivity contribution in [2.75, 3.05) is 26.2 Å². The van der Waals surface area contributed by atoms with Crippen LogP contribution in [0.5, 0.6) is 0 Å². The maximum atomic E-state index is 14.0. The monoisotopic (exact) mass is 986 g/mol.